The van der Waals surface area contributed by atoms with Crippen molar-refractivity contribution in [3.05, 3.63) is 70.4 Å². The maximum absolute atomic E-state index is 13.1. The highest BCUT2D eigenvalue weighted by atomic mass is 35.5. The molecule has 2 amide bonds. The molecule has 0 radical (unpaired) electrons. The zero-order valence-corrected chi connectivity index (χ0v) is 25.0. The molecule has 3 N–H and O–H groups in total. The van der Waals surface area contributed by atoms with Gasteiger partial charge in [0.15, 0.2) is 0 Å². The van der Waals surface area contributed by atoms with Crippen LogP contribution < -0.4 is 15.4 Å². The van der Waals surface area contributed by atoms with Crippen LogP contribution in [0.1, 0.15) is 67.4 Å². The molecular weight excluding hydrogens is 542 g/mol. The molecule has 220 valence electrons. The minimum Gasteiger partial charge on any atom is -0.497 e. The van der Waals surface area contributed by atoms with Gasteiger partial charge >= 0.3 is 0 Å². The maximum atomic E-state index is 13.1. The van der Waals surface area contributed by atoms with Crippen LogP contribution in [0.25, 0.3) is 11.3 Å². The van der Waals surface area contributed by atoms with Gasteiger partial charge in [-0.15, -0.1) is 0 Å². The standard InChI is InChI=1S/C28H30ClN5O3.C2H6.CH4O/c1-37-22-9-5-6-18(12-22)14-30-25(35)17-34-16-20-11-10-19(13-23(20)27(34)36)26-24(29)15-31-28(33-26)32-21-7-3-2-4-8-21;2*1-2/h5-6,9-13,15,21H,2-4,7-8,14,16-17H2,1H3,(H,30,35)(H,31,32,33);1-2H3;2H,1H3. The van der Waals surface area contributed by atoms with Gasteiger partial charge in [-0.3, -0.25) is 9.59 Å². The summed E-state index contributed by atoms with van der Waals surface area (Å²) in [5.74, 6) is 0.876. The van der Waals surface area contributed by atoms with E-state index < -0.39 is 0 Å². The van der Waals surface area contributed by atoms with Crippen LogP contribution in [0.15, 0.2) is 48.7 Å². The van der Waals surface area contributed by atoms with Crippen LogP contribution in [0.4, 0.5) is 5.95 Å². The summed E-state index contributed by atoms with van der Waals surface area (Å²) in [5, 5.41) is 13.7. The Morgan fingerprint density at radius 2 is 1.88 bits per heavy atom. The number of aliphatic hydroxyl groups excluding tert-OH is 1. The molecule has 1 saturated carbocycles. The SMILES string of the molecule is CC.CO.COc1cccc(CNC(=O)CN2Cc3ccc(-c4nc(NC5CCCCC5)ncc4Cl)cc3C2=O)c1. The number of rotatable bonds is 8. The van der Waals surface area contributed by atoms with Gasteiger partial charge in [0, 0.05) is 37.4 Å². The van der Waals surface area contributed by atoms with Gasteiger partial charge in [0.05, 0.1) is 24.0 Å². The van der Waals surface area contributed by atoms with Crippen molar-refractivity contribution in [1.82, 2.24) is 20.2 Å². The molecule has 1 aliphatic heterocycles. The third kappa shape index (κ3) is 8.41. The third-order valence-electron chi connectivity index (χ3n) is 6.90. The summed E-state index contributed by atoms with van der Waals surface area (Å²) in [6.45, 7) is 4.72. The van der Waals surface area contributed by atoms with Gasteiger partial charge in [-0.1, -0.05) is 69.0 Å². The zero-order valence-electron chi connectivity index (χ0n) is 24.2. The number of carbonyl (C=O) groups excluding carboxylic acids is 2. The van der Waals surface area contributed by atoms with Crippen molar-refractivity contribution >= 4 is 29.4 Å². The Kier molecular flexibility index (Phi) is 12.4. The van der Waals surface area contributed by atoms with E-state index in [9.17, 15) is 9.59 Å². The second-order valence-corrected chi connectivity index (χ2v) is 9.94. The van der Waals surface area contributed by atoms with Crippen LogP contribution in [0.2, 0.25) is 5.02 Å². The average molecular weight is 582 g/mol. The zero-order chi connectivity index (χ0) is 29.8. The summed E-state index contributed by atoms with van der Waals surface area (Å²) in [6.07, 6.45) is 7.51. The molecule has 9 nitrogen and oxygen atoms in total. The molecule has 2 heterocycles. The Balaban J connectivity index is 0.00000111. The van der Waals surface area contributed by atoms with Crippen LogP contribution >= 0.6 is 11.6 Å². The van der Waals surface area contributed by atoms with E-state index in [1.807, 2.05) is 56.3 Å². The lowest BCUT2D eigenvalue weighted by Crippen LogP contribution is -2.37. The number of nitrogens with one attached hydrogen (secondary N) is 2. The Bertz CT molecular complexity index is 1310. The van der Waals surface area contributed by atoms with Crippen LogP contribution in [-0.4, -0.2) is 58.6 Å². The fourth-order valence-electron chi connectivity index (χ4n) is 4.92. The normalized spacial score (nSPS) is 14.2. The summed E-state index contributed by atoms with van der Waals surface area (Å²) >= 11 is 6.45. The number of anilines is 1. The number of amides is 2. The summed E-state index contributed by atoms with van der Waals surface area (Å²) in [6, 6.07) is 13.5. The van der Waals surface area contributed by atoms with Gasteiger partial charge in [-0.2, -0.15) is 0 Å². The van der Waals surface area contributed by atoms with Gasteiger partial charge in [0.25, 0.3) is 5.91 Å². The fourth-order valence-corrected chi connectivity index (χ4v) is 5.12. The highest BCUT2D eigenvalue weighted by Crippen LogP contribution is 2.32. The van der Waals surface area contributed by atoms with Crippen molar-refractivity contribution in [2.24, 2.45) is 0 Å². The van der Waals surface area contributed by atoms with Crippen molar-refractivity contribution < 1.29 is 19.4 Å². The topological polar surface area (TPSA) is 117 Å². The number of hydrogen-bond acceptors (Lipinski definition) is 7. The first-order chi connectivity index (χ1) is 20.0. The molecule has 0 spiro atoms. The molecule has 2 aliphatic rings. The first-order valence-corrected chi connectivity index (χ1v) is 14.4. The largest absolute Gasteiger partial charge is 0.497 e. The number of aromatic nitrogens is 2. The van der Waals surface area contributed by atoms with E-state index in [1.165, 1.54) is 19.3 Å². The van der Waals surface area contributed by atoms with E-state index in [0.29, 0.717) is 41.4 Å². The molecule has 0 unspecified atom stereocenters. The van der Waals surface area contributed by atoms with E-state index in [4.69, 9.17) is 21.4 Å². The molecule has 0 saturated heterocycles. The summed E-state index contributed by atoms with van der Waals surface area (Å²) in [4.78, 5) is 36.3. The molecule has 0 bridgehead atoms. The first kappa shape index (κ1) is 31.8. The Morgan fingerprint density at radius 3 is 2.61 bits per heavy atom. The summed E-state index contributed by atoms with van der Waals surface area (Å²) in [7, 11) is 2.60. The number of fused-ring (bicyclic) bond motifs is 1. The molecular formula is C31H40ClN5O4. The predicted molar refractivity (Wildman–Crippen MR) is 162 cm³/mol. The lowest BCUT2D eigenvalue weighted by atomic mass is 9.96. The number of halogens is 1. The molecule has 1 aliphatic carbocycles. The van der Waals surface area contributed by atoms with Crippen LogP contribution in [0.3, 0.4) is 0 Å². The van der Waals surface area contributed by atoms with E-state index in [2.05, 4.69) is 20.6 Å². The van der Waals surface area contributed by atoms with Gasteiger partial charge in [0.2, 0.25) is 11.9 Å². The van der Waals surface area contributed by atoms with Gasteiger partial charge in [-0.05, 0) is 42.2 Å². The number of hydrogen-bond donors (Lipinski definition) is 3. The summed E-state index contributed by atoms with van der Waals surface area (Å²) < 4.78 is 5.22. The second-order valence-electron chi connectivity index (χ2n) is 9.53. The number of benzene rings is 2. The minimum absolute atomic E-state index is 0.0173. The molecule has 0 atom stereocenters. The fraction of sp³-hybridized carbons (Fsp3) is 0.419. The van der Waals surface area contributed by atoms with Crippen molar-refractivity contribution in [3.63, 3.8) is 0 Å². The highest BCUT2D eigenvalue weighted by molar-refractivity contribution is 6.33. The Hall–Kier alpha value is -3.69. The van der Waals surface area contributed by atoms with Gasteiger partial charge in [-0.25, -0.2) is 9.97 Å². The van der Waals surface area contributed by atoms with E-state index in [-0.39, 0.29) is 18.4 Å². The van der Waals surface area contributed by atoms with Crippen molar-refractivity contribution in [2.75, 3.05) is 26.1 Å². The van der Waals surface area contributed by atoms with E-state index in [0.717, 1.165) is 42.4 Å². The number of carbonyl (C=O) groups is 2. The van der Waals surface area contributed by atoms with Gasteiger partial charge in [0.1, 0.15) is 12.3 Å². The van der Waals surface area contributed by atoms with Crippen molar-refractivity contribution in [1.29, 1.82) is 0 Å². The van der Waals surface area contributed by atoms with Crippen molar-refractivity contribution in [3.8, 4) is 17.0 Å². The van der Waals surface area contributed by atoms with Crippen molar-refractivity contribution in [2.45, 2.75) is 65.1 Å². The lowest BCUT2D eigenvalue weighted by Gasteiger charge is -2.22. The molecule has 2 aromatic carbocycles. The van der Waals surface area contributed by atoms with Crippen LogP contribution in [-0.2, 0) is 17.9 Å². The van der Waals surface area contributed by atoms with E-state index in [1.54, 1.807) is 18.2 Å². The quantitative estimate of drug-likeness (QED) is 0.323. The average Bonchev–Trinajstić information content (AvgIpc) is 3.33. The molecule has 1 aromatic heterocycles. The smallest absolute Gasteiger partial charge is 0.254 e. The number of aliphatic hydroxyl groups is 1. The van der Waals surface area contributed by atoms with Gasteiger partial charge < -0.3 is 25.4 Å². The molecule has 5 rings (SSSR count). The van der Waals surface area contributed by atoms with Crippen LogP contribution in [0, 0.1) is 0 Å². The number of methoxy groups -OCH3 is 1. The minimum atomic E-state index is -0.221. The predicted octanol–water partition coefficient (Wildman–Crippen LogP) is 5.46. The van der Waals surface area contributed by atoms with E-state index >= 15 is 0 Å². The highest BCUT2D eigenvalue weighted by Gasteiger charge is 2.29. The third-order valence-corrected chi connectivity index (χ3v) is 7.18. The number of ether oxygens (including phenoxy) is 1. The molecule has 41 heavy (non-hydrogen) atoms. The Labute approximate surface area is 247 Å². The monoisotopic (exact) mass is 581 g/mol. The second kappa shape index (κ2) is 15.9. The molecule has 10 heteroatoms. The maximum Gasteiger partial charge on any atom is 0.254 e. The molecule has 3 aromatic rings. The Morgan fingerprint density at radius 1 is 1.12 bits per heavy atom. The molecule has 1 fully saturated rings. The first-order valence-electron chi connectivity index (χ1n) is 14.1. The summed E-state index contributed by atoms with van der Waals surface area (Å²) in [5.41, 5.74) is 3.69. The number of nitrogens with zero attached hydrogens (tertiary/aromatic N) is 3. The van der Waals surface area contributed by atoms with Crippen LogP contribution in [0.5, 0.6) is 5.75 Å². The lowest BCUT2D eigenvalue weighted by molar-refractivity contribution is -0.122.